The van der Waals surface area contributed by atoms with Gasteiger partial charge < -0.3 is 20.1 Å². The third-order valence-corrected chi connectivity index (χ3v) is 5.24. The second-order valence-electron chi connectivity index (χ2n) is 7.57. The number of anilines is 2. The first-order chi connectivity index (χ1) is 16.7. The van der Waals surface area contributed by atoms with Crippen LogP contribution in [0.2, 0.25) is 0 Å². The highest BCUT2D eigenvalue weighted by atomic mass is 16.5. The van der Waals surface area contributed by atoms with E-state index in [0.29, 0.717) is 42.7 Å². The van der Waals surface area contributed by atoms with Crippen LogP contribution in [0.4, 0.5) is 11.6 Å². The molecule has 1 aliphatic rings. The molecule has 1 saturated heterocycles. The molecule has 0 unspecified atom stereocenters. The zero-order valence-electron chi connectivity index (χ0n) is 18.4. The van der Waals surface area contributed by atoms with Gasteiger partial charge in [0.05, 0.1) is 24.5 Å². The van der Waals surface area contributed by atoms with Crippen molar-refractivity contribution in [3.8, 4) is 23.1 Å². The normalized spacial score (nSPS) is 13.9. The van der Waals surface area contributed by atoms with Crippen LogP contribution >= 0.6 is 0 Å². The maximum atomic E-state index is 9.65. The number of nitriles is 1. The van der Waals surface area contributed by atoms with E-state index in [2.05, 4.69) is 37.0 Å². The van der Waals surface area contributed by atoms with Crippen molar-refractivity contribution in [1.29, 1.82) is 10.8 Å². The van der Waals surface area contributed by atoms with Crippen LogP contribution in [-0.4, -0.2) is 35.6 Å². The molecule has 10 heteroatoms. The van der Waals surface area contributed by atoms with E-state index >= 15 is 0 Å². The van der Waals surface area contributed by atoms with E-state index in [1.54, 1.807) is 18.3 Å². The van der Waals surface area contributed by atoms with E-state index in [4.69, 9.17) is 15.0 Å². The molecule has 10 nitrogen and oxygen atoms in total. The van der Waals surface area contributed by atoms with Gasteiger partial charge in [-0.25, -0.2) is 9.97 Å². The van der Waals surface area contributed by atoms with Gasteiger partial charge in [-0.1, -0.05) is 17.4 Å². The highest BCUT2D eigenvalue weighted by Crippen LogP contribution is 2.28. The summed E-state index contributed by atoms with van der Waals surface area (Å²) in [6, 6.07) is 17.3. The number of hydrogen-bond donors (Lipinski definition) is 3. The molecule has 0 bridgehead atoms. The minimum atomic E-state index is 0.0654. The van der Waals surface area contributed by atoms with Gasteiger partial charge in [0.25, 0.3) is 0 Å². The minimum absolute atomic E-state index is 0.0654. The zero-order chi connectivity index (χ0) is 23.6. The van der Waals surface area contributed by atoms with Gasteiger partial charge >= 0.3 is 0 Å². The number of hydrogen-bond acceptors (Lipinski definition) is 8. The van der Waals surface area contributed by atoms with Gasteiger partial charge in [0.2, 0.25) is 5.95 Å². The zero-order valence-corrected chi connectivity index (χ0v) is 18.4. The lowest BCUT2D eigenvalue weighted by Crippen LogP contribution is -2.26. The Morgan fingerprint density at radius 2 is 2.00 bits per heavy atom. The van der Waals surface area contributed by atoms with Crippen LogP contribution in [0.15, 0.2) is 65.1 Å². The van der Waals surface area contributed by atoms with Crippen LogP contribution in [0, 0.1) is 16.9 Å². The maximum Gasteiger partial charge on any atom is 0.227 e. The molecule has 172 valence electrons. The van der Waals surface area contributed by atoms with E-state index in [1.165, 1.54) is 6.34 Å². The molecule has 0 aliphatic carbocycles. The first kappa shape index (κ1) is 22.8. The topological polar surface area (TPSA) is 141 Å². The van der Waals surface area contributed by atoms with E-state index in [-0.39, 0.29) is 6.10 Å². The summed E-state index contributed by atoms with van der Waals surface area (Å²) in [5.74, 6) is 1.04. The SMILES string of the molecule is N#Cc1cc(-c2ccnc(Nc3ccc(CN/C=N\N=N)cc3)n2)ccc1OC1CCOCC1. The molecule has 0 radical (unpaired) electrons. The smallest absolute Gasteiger partial charge is 0.227 e. The molecule has 0 saturated carbocycles. The molecule has 1 aromatic heterocycles. The lowest BCUT2D eigenvalue weighted by Gasteiger charge is -2.23. The van der Waals surface area contributed by atoms with E-state index in [0.717, 1.165) is 29.7 Å². The standard InChI is InChI=1S/C24H24N8O2/c25-14-19-13-18(3-6-23(19)34-21-8-11-33-12-9-21)22-7-10-28-24(31-22)30-20-4-1-17(2-5-20)15-27-16-29-32-26/h1-7,10,13,16,21H,8-9,11-12,15H2,(H2,26,27,29)(H,28,30,31). The molecule has 0 amide bonds. The number of rotatable bonds is 9. The number of aromatic nitrogens is 2. The van der Waals surface area contributed by atoms with E-state index in [1.807, 2.05) is 36.4 Å². The number of ether oxygens (including phenoxy) is 2. The molecule has 3 N–H and O–H groups in total. The van der Waals surface area contributed by atoms with Gasteiger partial charge in [0.15, 0.2) is 0 Å². The summed E-state index contributed by atoms with van der Waals surface area (Å²) in [5, 5.41) is 22.1. The molecule has 4 rings (SSSR count). The fraction of sp³-hybridized carbons (Fsp3) is 0.250. The summed E-state index contributed by atoms with van der Waals surface area (Å²) in [6.45, 7) is 1.93. The Labute approximate surface area is 197 Å². The quantitative estimate of drug-likeness (QED) is 0.188. The maximum absolute atomic E-state index is 9.65. The Hall–Kier alpha value is -4.36. The van der Waals surface area contributed by atoms with Crippen molar-refractivity contribution in [3.63, 3.8) is 0 Å². The van der Waals surface area contributed by atoms with Gasteiger partial charge in [-0.2, -0.15) is 10.8 Å². The number of nitrogens with zero attached hydrogens (tertiary/aromatic N) is 5. The van der Waals surface area contributed by atoms with Gasteiger partial charge in [0.1, 0.15) is 24.3 Å². The van der Waals surface area contributed by atoms with Crippen LogP contribution in [0.3, 0.4) is 0 Å². The van der Waals surface area contributed by atoms with Crippen LogP contribution < -0.4 is 15.4 Å². The van der Waals surface area contributed by atoms with Crippen molar-refractivity contribution < 1.29 is 9.47 Å². The Morgan fingerprint density at radius 1 is 1.18 bits per heavy atom. The van der Waals surface area contributed by atoms with Gasteiger partial charge in [-0.3, -0.25) is 0 Å². The lowest BCUT2D eigenvalue weighted by atomic mass is 10.1. The number of nitrogens with one attached hydrogen (secondary N) is 3. The molecular formula is C24H24N8O2. The van der Waals surface area contributed by atoms with Crippen LogP contribution in [0.5, 0.6) is 5.75 Å². The van der Waals surface area contributed by atoms with Crippen molar-refractivity contribution in [1.82, 2.24) is 15.3 Å². The predicted molar refractivity (Wildman–Crippen MR) is 127 cm³/mol. The molecule has 1 aliphatic heterocycles. The van der Waals surface area contributed by atoms with Gasteiger partial charge in [0, 0.05) is 36.8 Å². The van der Waals surface area contributed by atoms with Gasteiger partial charge in [-0.15, -0.1) is 5.10 Å². The van der Waals surface area contributed by atoms with Crippen molar-refractivity contribution in [2.24, 2.45) is 10.3 Å². The van der Waals surface area contributed by atoms with Crippen molar-refractivity contribution in [2.45, 2.75) is 25.5 Å². The Balaban J connectivity index is 1.44. The Bertz CT molecular complexity index is 1180. The second kappa shape index (κ2) is 11.5. The Morgan fingerprint density at radius 3 is 2.76 bits per heavy atom. The summed E-state index contributed by atoms with van der Waals surface area (Å²) in [4.78, 5) is 8.91. The fourth-order valence-corrected chi connectivity index (χ4v) is 3.50. The highest BCUT2D eigenvalue weighted by Gasteiger charge is 2.17. The molecule has 0 spiro atoms. The minimum Gasteiger partial charge on any atom is -0.489 e. The van der Waals surface area contributed by atoms with Crippen LogP contribution in [-0.2, 0) is 11.3 Å². The largest absolute Gasteiger partial charge is 0.489 e. The Kier molecular flexibility index (Phi) is 7.71. The fourth-order valence-electron chi connectivity index (χ4n) is 3.50. The first-order valence-corrected chi connectivity index (χ1v) is 10.8. The molecule has 3 aromatic rings. The molecule has 34 heavy (non-hydrogen) atoms. The molecular weight excluding hydrogens is 432 g/mol. The summed E-state index contributed by atoms with van der Waals surface area (Å²) in [6.07, 6.45) is 4.76. The molecule has 0 atom stereocenters. The average molecular weight is 457 g/mol. The number of benzene rings is 2. The van der Waals surface area contributed by atoms with Crippen molar-refractivity contribution in [3.05, 3.63) is 65.9 Å². The van der Waals surface area contributed by atoms with E-state index in [9.17, 15) is 5.26 Å². The third kappa shape index (κ3) is 6.11. The van der Waals surface area contributed by atoms with E-state index < -0.39 is 0 Å². The first-order valence-electron chi connectivity index (χ1n) is 10.8. The van der Waals surface area contributed by atoms with Crippen molar-refractivity contribution >= 4 is 18.0 Å². The molecule has 2 heterocycles. The summed E-state index contributed by atoms with van der Waals surface area (Å²) in [7, 11) is 0. The summed E-state index contributed by atoms with van der Waals surface area (Å²) < 4.78 is 11.4. The van der Waals surface area contributed by atoms with Crippen LogP contribution in [0.1, 0.15) is 24.0 Å². The lowest BCUT2D eigenvalue weighted by molar-refractivity contribution is 0.0254. The monoisotopic (exact) mass is 456 g/mol. The summed E-state index contributed by atoms with van der Waals surface area (Å²) >= 11 is 0. The summed E-state index contributed by atoms with van der Waals surface area (Å²) in [5.41, 5.74) is 10.5. The average Bonchev–Trinajstić information content (AvgIpc) is 2.88. The third-order valence-electron chi connectivity index (χ3n) is 5.24. The highest BCUT2D eigenvalue weighted by molar-refractivity contribution is 5.66. The van der Waals surface area contributed by atoms with Crippen LogP contribution in [0.25, 0.3) is 11.3 Å². The molecule has 1 fully saturated rings. The van der Waals surface area contributed by atoms with Crippen molar-refractivity contribution in [2.75, 3.05) is 18.5 Å². The second-order valence-corrected chi connectivity index (χ2v) is 7.57. The molecule has 2 aromatic carbocycles. The predicted octanol–water partition coefficient (Wildman–Crippen LogP) is 4.38. The van der Waals surface area contributed by atoms with Gasteiger partial charge in [-0.05, 0) is 42.0 Å².